The Labute approximate surface area is 184 Å². The van der Waals surface area contributed by atoms with Crippen LogP contribution in [0, 0.1) is 6.92 Å². The molecule has 7 heteroatoms. The minimum atomic E-state index is -3.58. The average molecular weight is 437 g/mol. The number of pyridine rings is 1. The number of rotatable bonds is 5. The molecule has 0 spiro atoms. The summed E-state index contributed by atoms with van der Waals surface area (Å²) in [6.07, 6.45) is 11.4. The summed E-state index contributed by atoms with van der Waals surface area (Å²) in [6, 6.07) is 9.43. The molecule has 0 N–H and O–H groups in total. The monoisotopic (exact) mass is 436 g/mol. The second kappa shape index (κ2) is 8.20. The van der Waals surface area contributed by atoms with Crippen LogP contribution in [0.1, 0.15) is 59.9 Å². The van der Waals surface area contributed by atoms with E-state index in [9.17, 15) is 8.42 Å². The summed E-state index contributed by atoms with van der Waals surface area (Å²) in [6.45, 7) is 3.19. The SMILES string of the molecule is Cc1cnc(C2CCCN2S(=O)(=O)c2ccc3c(c2)CCCC3)n1Cc1cccnc1. The van der Waals surface area contributed by atoms with E-state index in [0.717, 1.165) is 49.2 Å². The van der Waals surface area contributed by atoms with Gasteiger partial charge in [-0.3, -0.25) is 4.98 Å². The summed E-state index contributed by atoms with van der Waals surface area (Å²) in [4.78, 5) is 9.29. The van der Waals surface area contributed by atoms with E-state index < -0.39 is 10.0 Å². The highest BCUT2D eigenvalue weighted by Crippen LogP contribution is 2.37. The molecule has 1 fully saturated rings. The van der Waals surface area contributed by atoms with E-state index in [0.29, 0.717) is 18.0 Å². The van der Waals surface area contributed by atoms with Gasteiger partial charge in [-0.2, -0.15) is 4.31 Å². The quantitative estimate of drug-likeness (QED) is 0.605. The van der Waals surface area contributed by atoms with Crippen LogP contribution in [-0.4, -0.2) is 33.8 Å². The lowest BCUT2D eigenvalue weighted by atomic mass is 9.92. The number of imidazole rings is 1. The van der Waals surface area contributed by atoms with Crippen LogP contribution in [0.15, 0.2) is 53.8 Å². The number of sulfonamides is 1. The fourth-order valence-electron chi connectivity index (χ4n) is 4.92. The lowest BCUT2D eigenvalue weighted by Gasteiger charge is -2.26. The minimum Gasteiger partial charge on any atom is -0.327 e. The van der Waals surface area contributed by atoms with E-state index in [4.69, 9.17) is 0 Å². The van der Waals surface area contributed by atoms with Crippen molar-refractivity contribution in [3.05, 3.63) is 77.1 Å². The number of fused-ring (bicyclic) bond motifs is 1. The van der Waals surface area contributed by atoms with E-state index >= 15 is 0 Å². The number of benzene rings is 1. The Morgan fingerprint density at radius 1 is 1.06 bits per heavy atom. The summed E-state index contributed by atoms with van der Waals surface area (Å²) in [5.41, 5.74) is 4.59. The molecule has 5 rings (SSSR count). The van der Waals surface area contributed by atoms with Crippen LogP contribution >= 0.6 is 0 Å². The van der Waals surface area contributed by atoms with Gasteiger partial charge in [0.2, 0.25) is 10.0 Å². The van der Waals surface area contributed by atoms with Crippen molar-refractivity contribution in [2.75, 3.05) is 6.54 Å². The molecule has 1 unspecified atom stereocenters. The molecular weight excluding hydrogens is 408 g/mol. The van der Waals surface area contributed by atoms with Crippen LogP contribution in [0.4, 0.5) is 0 Å². The van der Waals surface area contributed by atoms with Gasteiger partial charge >= 0.3 is 0 Å². The van der Waals surface area contributed by atoms with Gasteiger partial charge in [0, 0.05) is 30.8 Å². The summed E-state index contributed by atoms with van der Waals surface area (Å²) in [5, 5.41) is 0. The van der Waals surface area contributed by atoms with Gasteiger partial charge in [0.25, 0.3) is 0 Å². The van der Waals surface area contributed by atoms with Gasteiger partial charge in [0.15, 0.2) is 0 Å². The smallest absolute Gasteiger partial charge is 0.243 e. The van der Waals surface area contributed by atoms with Crippen molar-refractivity contribution in [2.24, 2.45) is 0 Å². The number of aryl methyl sites for hydroxylation is 3. The van der Waals surface area contributed by atoms with Gasteiger partial charge in [-0.15, -0.1) is 0 Å². The number of nitrogens with zero attached hydrogens (tertiary/aromatic N) is 4. The largest absolute Gasteiger partial charge is 0.327 e. The Morgan fingerprint density at radius 2 is 1.90 bits per heavy atom. The number of aromatic nitrogens is 3. The topological polar surface area (TPSA) is 68.1 Å². The van der Waals surface area contributed by atoms with Crippen LogP contribution in [-0.2, 0) is 29.4 Å². The lowest BCUT2D eigenvalue weighted by Crippen LogP contribution is -2.32. The van der Waals surface area contributed by atoms with Crippen LogP contribution in [0.5, 0.6) is 0 Å². The first kappa shape index (κ1) is 20.4. The molecule has 1 aliphatic heterocycles. The maximum absolute atomic E-state index is 13.7. The van der Waals surface area contributed by atoms with Crippen molar-refractivity contribution < 1.29 is 8.42 Å². The van der Waals surface area contributed by atoms with Crippen LogP contribution in [0.25, 0.3) is 0 Å². The molecule has 162 valence electrons. The molecule has 2 aliphatic rings. The highest BCUT2D eigenvalue weighted by Gasteiger charge is 2.39. The molecule has 3 aromatic rings. The zero-order chi connectivity index (χ0) is 21.4. The Bertz CT molecular complexity index is 1190. The van der Waals surface area contributed by atoms with E-state index in [2.05, 4.69) is 14.5 Å². The molecule has 0 bridgehead atoms. The van der Waals surface area contributed by atoms with Crippen molar-refractivity contribution >= 4 is 10.0 Å². The van der Waals surface area contributed by atoms with E-state index in [1.807, 2.05) is 43.6 Å². The highest BCUT2D eigenvalue weighted by molar-refractivity contribution is 7.89. The van der Waals surface area contributed by atoms with Crippen molar-refractivity contribution in [1.29, 1.82) is 0 Å². The molecule has 0 radical (unpaired) electrons. The van der Waals surface area contributed by atoms with Gasteiger partial charge in [-0.1, -0.05) is 12.1 Å². The van der Waals surface area contributed by atoms with Crippen molar-refractivity contribution in [2.45, 2.75) is 62.9 Å². The fraction of sp³-hybridized carbons (Fsp3) is 0.417. The zero-order valence-corrected chi connectivity index (χ0v) is 18.7. The maximum atomic E-state index is 13.7. The molecule has 3 heterocycles. The summed E-state index contributed by atoms with van der Waals surface area (Å²) < 4.78 is 31.1. The maximum Gasteiger partial charge on any atom is 0.243 e. The third kappa shape index (κ3) is 3.81. The minimum absolute atomic E-state index is 0.244. The van der Waals surface area contributed by atoms with Crippen molar-refractivity contribution in [1.82, 2.24) is 18.8 Å². The van der Waals surface area contributed by atoms with Crippen LogP contribution in [0.3, 0.4) is 0 Å². The fourth-order valence-corrected chi connectivity index (χ4v) is 6.62. The van der Waals surface area contributed by atoms with E-state index in [1.165, 1.54) is 17.5 Å². The summed E-state index contributed by atoms with van der Waals surface area (Å²) in [5.74, 6) is 0.820. The Balaban J connectivity index is 1.48. The molecule has 31 heavy (non-hydrogen) atoms. The molecule has 1 aliphatic carbocycles. The first-order valence-electron chi connectivity index (χ1n) is 11.1. The lowest BCUT2D eigenvalue weighted by molar-refractivity contribution is 0.374. The van der Waals surface area contributed by atoms with Gasteiger partial charge < -0.3 is 4.57 Å². The first-order chi connectivity index (χ1) is 15.0. The first-order valence-corrected chi connectivity index (χ1v) is 12.5. The molecule has 1 aromatic carbocycles. The number of hydrogen-bond donors (Lipinski definition) is 0. The van der Waals surface area contributed by atoms with Gasteiger partial charge in [0.05, 0.1) is 17.5 Å². The van der Waals surface area contributed by atoms with E-state index in [-0.39, 0.29) is 6.04 Å². The molecule has 1 saturated heterocycles. The zero-order valence-electron chi connectivity index (χ0n) is 17.9. The highest BCUT2D eigenvalue weighted by atomic mass is 32.2. The predicted octanol–water partition coefficient (Wildman–Crippen LogP) is 4.04. The molecular formula is C24H28N4O2S. The number of hydrogen-bond acceptors (Lipinski definition) is 4. The second-order valence-corrected chi connectivity index (χ2v) is 10.5. The second-order valence-electron chi connectivity index (χ2n) is 8.62. The van der Waals surface area contributed by atoms with Gasteiger partial charge in [-0.05, 0) is 80.3 Å². The normalized spacial score (nSPS) is 19.5. The van der Waals surface area contributed by atoms with Crippen LogP contribution < -0.4 is 0 Å². The van der Waals surface area contributed by atoms with E-state index in [1.54, 1.807) is 16.6 Å². The Kier molecular flexibility index (Phi) is 5.40. The third-order valence-electron chi connectivity index (χ3n) is 6.58. The standard InChI is InChI=1S/C24H28N4O2S/c1-18-15-26-24(27(18)17-19-6-4-12-25-16-19)23-9-5-13-28(23)31(29,30)22-11-10-20-7-2-3-8-21(20)14-22/h4,6,10-12,14-16,23H,2-3,5,7-9,13,17H2,1H3. The predicted molar refractivity (Wildman–Crippen MR) is 119 cm³/mol. The van der Waals surface area contributed by atoms with Crippen LogP contribution in [0.2, 0.25) is 0 Å². The Morgan fingerprint density at radius 3 is 2.71 bits per heavy atom. The molecule has 0 saturated carbocycles. The molecule has 0 amide bonds. The van der Waals surface area contributed by atoms with Gasteiger partial charge in [-0.25, -0.2) is 13.4 Å². The van der Waals surface area contributed by atoms with Gasteiger partial charge in [0.1, 0.15) is 5.82 Å². The third-order valence-corrected chi connectivity index (χ3v) is 8.48. The Hall–Kier alpha value is -2.51. The summed E-state index contributed by atoms with van der Waals surface area (Å²) >= 11 is 0. The molecule has 2 aromatic heterocycles. The molecule has 1 atom stereocenters. The van der Waals surface area contributed by atoms with Crippen molar-refractivity contribution in [3.8, 4) is 0 Å². The summed E-state index contributed by atoms with van der Waals surface area (Å²) in [7, 11) is -3.58. The average Bonchev–Trinajstić information content (AvgIpc) is 3.42. The van der Waals surface area contributed by atoms with Crippen molar-refractivity contribution in [3.63, 3.8) is 0 Å². The molecule has 6 nitrogen and oxygen atoms in total.